The third-order valence-corrected chi connectivity index (χ3v) is 4.95. The molecule has 7 heteroatoms. The van der Waals surface area contributed by atoms with Gasteiger partial charge in [0, 0.05) is 37.8 Å². The molecule has 1 aromatic heterocycles. The van der Waals surface area contributed by atoms with Crippen LogP contribution in [0.5, 0.6) is 11.5 Å². The van der Waals surface area contributed by atoms with E-state index in [4.69, 9.17) is 14.0 Å². The highest BCUT2D eigenvalue weighted by Crippen LogP contribution is 2.36. The van der Waals surface area contributed by atoms with E-state index < -0.39 is 0 Å². The molecule has 0 N–H and O–H groups in total. The molecule has 23 heavy (non-hydrogen) atoms. The van der Waals surface area contributed by atoms with Crippen LogP contribution in [0.4, 0.5) is 5.95 Å². The lowest BCUT2D eigenvalue weighted by atomic mass is 10.1. The van der Waals surface area contributed by atoms with Crippen LogP contribution in [0.3, 0.4) is 0 Å². The van der Waals surface area contributed by atoms with E-state index in [-0.39, 0.29) is 6.79 Å². The molecule has 0 spiro atoms. The van der Waals surface area contributed by atoms with Crippen molar-refractivity contribution in [1.29, 1.82) is 0 Å². The molecule has 6 rings (SSSR count). The Morgan fingerprint density at radius 2 is 1.87 bits per heavy atom. The second kappa shape index (κ2) is 5.13. The largest absolute Gasteiger partial charge is 0.454 e. The Bertz CT molecular complexity index is 724. The highest BCUT2D eigenvalue weighted by atomic mass is 16.7. The number of benzene rings is 1. The van der Waals surface area contributed by atoms with Crippen LogP contribution >= 0.6 is 0 Å². The topological polar surface area (TPSA) is 63.9 Å². The second-order valence-corrected chi connectivity index (χ2v) is 6.23. The summed E-state index contributed by atoms with van der Waals surface area (Å²) < 4.78 is 16.2. The first kappa shape index (κ1) is 13.2. The lowest BCUT2D eigenvalue weighted by Gasteiger charge is -2.30. The smallest absolute Gasteiger partial charge is 0.266 e. The van der Waals surface area contributed by atoms with Crippen molar-refractivity contribution in [2.24, 2.45) is 0 Å². The van der Waals surface area contributed by atoms with Gasteiger partial charge in [-0.05, 0) is 36.2 Å². The third-order valence-electron chi connectivity index (χ3n) is 4.95. The molecule has 3 saturated heterocycles. The molecule has 0 saturated carbocycles. The molecule has 2 bridgehead atoms. The number of ether oxygens (including phenoxy) is 2. The van der Waals surface area contributed by atoms with E-state index in [0.29, 0.717) is 17.9 Å². The minimum Gasteiger partial charge on any atom is -0.454 e. The van der Waals surface area contributed by atoms with Crippen molar-refractivity contribution in [3.63, 3.8) is 0 Å². The molecule has 1 aromatic carbocycles. The van der Waals surface area contributed by atoms with Crippen molar-refractivity contribution in [3.05, 3.63) is 18.2 Å². The molecule has 4 aliphatic heterocycles. The fourth-order valence-corrected chi connectivity index (χ4v) is 3.63. The maximum absolute atomic E-state index is 5.50. The standard InChI is InChI=1S/C16H18N4O3/c1-2-13-14(22-10-21-13)9-11(1)15-17-16(18-23-15)20-8-7-19-5-3-12(20)4-6-19/h1-2,9,12H,3-8,10H2. The summed E-state index contributed by atoms with van der Waals surface area (Å²) in [6.45, 7) is 4.65. The number of rotatable bonds is 2. The van der Waals surface area contributed by atoms with Gasteiger partial charge in [-0.25, -0.2) is 0 Å². The van der Waals surface area contributed by atoms with Crippen LogP contribution in [0.15, 0.2) is 22.7 Å². The van der Waals surface area contributed by atoms with Crippen molar-refractivity contribution in [2.75, 3.05) is 37.9 Å². The summed E-state index contributed by atoms with van der Waals surface area (Å²) in [5, 5.41) is 4.22. The van der Waals surface area contributed by atoms with Crippen molar-refractivity contribution in [3.8, 4) is 23.0 Å². The Labute approximate surface area is 133 Å². The van der Waals surface area contributed by atoms with E-state index >= 15 is 0 Å². The highest BCUT2D eigenvalue weighted by molar-refractivity contribution is 5.61. The number of piperidine rings is 1. The maximum Gasteiger partial charge on any atom is 0.266 e. The van der Waals surface area contributed by atoms with Crippen LogP contribution < -0.4 is 14.4 Å². The second-order valence-electron chi connectivity index (χ2n) is 6.23. The molecular weight excluding hydrogens is 296 g/mol. The van der Waals surface area contributed by atoms with Gasteiger partial charge in [0.05, 0.1) is 0 Å². The first-order valence-corrected chi connectivity index (χ1v) is 8.09. The van der Waals surface area contributed by atoms with Crippen molar-refractivity contribution in [1.82, 2.24) is 15.0 Å². The average molecular weight is 314 g/mol. The zero-order valence-electron chi connectivity index (χ0n) is 12.8. The van der Waals surface area contributed by atoms with E-state index in [1.165, 1.54) is 25.9 Å². The molecular formula is C16H18N4O3. The summed E-state index contributed by atoms with van der Waals surface area (Å²) in [4.78, 5) is 9.43. The quantitative estimate of drug-likeness (QED) is 0.836. The Morgan fingerprint density at radius 1 is 1.00 bits per heavy atom. The SMILES string of the molecule is c1cc2c(cc1-c1nc(N3CCN4CCC3CC4)no1)OCO2. The molecule has 0 atom stereocenters. The summed E-state index contributed by atoms with van der Waals surface area (Å²) in [5.74, 6) is 2.71. The van der Waals surface area contributed by atoms with E-state index in [9.17, 15) is 0 Å². The van der Waals surface area contributed by atoms with E-state index in [1.807, 2.05) is 18.2 Å². The number of aromatic nitrogens is 2. The molecule has 0 amide bonds. The summed E-state index contributed by atoms with van der Waals surface area (Å²) >= 11 is 0. The van der Waals surface area contributed by atoms with Crippen LogP contribution in [0, 0.1) is 0 Å². The van der Waals surface area contributed by atoms with Crippen molar-refractivity contribution in [2.45, 2.75) is 18.9 Å². The van der Waals surface area contributed by atoms with E-state index in [2.05, 4.69) is 19.9 Å². The van der Waals surface area contributed by atoms with Gasteiger partial charge in [-0.2, -0.15) is 4.98 Å². The predicted octanol–water partition coefficient (Wildman–Crippen LogP) is 1.75. The highest BCUT2D eigenvalue weighted by Gasteiger charge is 2.31. The van der Waals surface area contributed by atoms with Gasteiger partial charge in [0.15, 0.2) is 11.5 Å². The van der Waals surface area contributed by atoms with Gasteiger partial charge in [0.2, 0.25) is 6.79 Å². The molecule has 4 aliphatic rings. The Kier molecular flexibility index (Phi) is 2.94. The van der Waals surface area contributed by atoms with Crippen LogP contribution in [-0.2, 0) is 0 Å². The molecule has 0 radical (unpaired) electrons. The van der Waals surface area contributed by atoms with Gasteiger partial charge >= 0.3 is 0 Å². The lowest BCUT2D eigenvalue weighted by Crippen LogP contribution is -2.38. The van der Waals surface area contributed by atoms with Gasteiger partial charge in [0.25, 0.3) is 11.8 Å². The molecule has 0 aliphatic carbocycles. The third kappa shape index (κ3) is 2.23. The number of nitrogens with zero attached hydrogens (tertiary/aromatic N) is 4. The summed E-state index contributed by atoms with van der Waals surface area (Å²) in [5.41, 5.74) is 0.857. The fraction of sp³-hybridized carbons (Fsp3) is 0.500. The average Bonchev–Trinajstić information content (AvgIpc) is 3.17. The summed E-state index contributed by atoms with van der Waals surface area (Å²) in [6, 6.07) is 6.21. The van der Waals surface area contributed by atoms with Gasteiger partial charge in [-0.1, -0.05) is 0 Å². The minimum atomic E-state index is 0.264. The molecule has 2 aromatic rings. The summed E-state index contributed by atoms with van der Waals surface area (Å²) in [6.07, 6.45) is 2.35. The van der Waals surface area contributed by atoms with Gasteiger partial charge < -0.3 is 23.8 Å². The van der Waals surface area contributed by atoms with E-state index in [1.54, 1.807) is 0 Å². The van der Waals surface area contributed by atoms with Crippen LogP contribution in [0.1, 0.15) is 12.8 Å². The Morgan fingerprint density at radius 3 is 2.78 bits per heavy atom. The Balaban J connectivity index is 1.44. The predicted molar refractivity (Wildman–Crippen MR) is 82.7 cm³/mol. The summed E-state index contributed by atoms with van der Waals surface area (Å²) in [7, 11) is 0. The van der Waals surface area contributed by atoms with Crippen molar-refractivity contribution < 1.29 is 14.0 Å². The van der Waals surface area contributed by atoms with E-state index in [0.717, 1.165) is 30.2 Å². The monoisotopic (exact) mass is 314 g/mol. The number of hydrogen-bond acceptors (Lipinski definition) is 7. The number of hydrogen-bond donors (Lipinski definition) is 0. The van der Waals surface area contributed by atoms with Crippen LogP contribution in [0.25, 0.3) is 11.5 Å². The van der Waals surface area contributed by atoms with Gasteiger partial charge in [-0.3, -0.25) is 0 Å². The zero-order chi connectivity index (χ0) is 15.2. The van der Waals surface area contributed by atoms with Gasteiger partial charge in [-0.15, -0.1) is 0 Å². The lowest BCUT2D eigenvalue weighted by molar-refractivity contribution is 0.174. The molecule has 0 unspecified atom stereocenters. The van der Waals surface area contributed by atoms with Gasteiger partial charge in [0.1, 0.15) is 0 Å². The number of fused-ring (bicyclic) bond motifs is 5. The first-order chi connectivity index (χ1) is 11.4. The van der Waals surface area contributed by atoms with Crippen molar-refractivity contribution >= 4 is 5.95 Å². The molecule has 3 fully saturated rings. The van der Waals surface area contributed by atoms with Crippen LogP contribution in [-0.4, -0.2) is 54.1 Å². The fourth-order valence-electron chi connectivity index (χ4n) is 3.63. The zero-order valence-corrected chi connectivity index (χ0v) is 12.8. The maximum atomic E-state index is 5.50. The van der Waals surface area contributed by atoms with Crippen LogP contribution in [0.2, 0.25) is 0 Å². The molecule has 120 valence electrons. The normalized spacial score (nSPS) is 25.7. The molecule has 5 heterocycles. The number of anilines is 1. The minimum absolute atomic E-state index is 0.264. The molecule has 7 nitrogen and oxygen atoms in total. The Hall–Kier alpha value is -2.28. The first-order valence-electron chi connectivity index (χ1n) is 8.09.